The Morgan fingerprint density at radius 3 is 2.48 bits per heavy atom. The van der Waals surface area contributed by atoms with Crippen molar-refractivity contribution in [2.75, 3.05) is 7.11 Å². The molecule has 2 aromatic rings. The highest BCUT2D eigenvalue weighted by atomic mass is 35.5. The van der Waals surface area contributed by atoms with E-state index in [4.69, 9.17) is 16.3 Å². The molecule has 0 saturated heterocycles. The third-order valence-corrected chi connectivity index (χ3v) is 4.32. The first-order chi connectivity index (χ1) is 9.81. The number of hydrogen-bond acceptors (Lipinski definition) is 3. The summed E-state index contributed by atoms with van der Waals surface area (Å²) in [6.07, 6.45) is -3.66. The zero-order valence-electron chi connectivity index (χ0n) is 11.2. The maximum atomic E-state index is 12.6. The van der Waals surface area contributed by atoms with E-state index in [1.807, 2.05) is 19.1 Å². The molecule has 0 bridgehead atoms. The lowest BCUT2D eigenvalue weighted by Gasteiger charge is -2.10. The molecule has 21 heavy (non-hydrogen) atoms. The number of rotatable bonds is 3. The molecule has 2 nitrogen and oxygen atoms in total. The van der Waals surface area contributed by atoms with Crippen LogP contribution in [0, 0.1) is 6.92 Å². The van der Waals surface area contributed by atoms with Gasteiger partial charge in [-0.25, -0.2) is 4.98 Å². The standard InChI is InChI=1S/C14H11ClF3NOS/c1-8-5-10(20-2)3-4-12(8)21-13-11(15)6-9(7-19-13)14(16,17)18/h3-7H,1-2H3. The van der Waals surface area contributed by atoms with Gasteiger partial charge in [-0.3, -0.25) is 0 Å². The first-order valence-electron chi connectivity index (χ1n) is 5.86. The molecule has 1 aromatic carbocycles. The molecule has 0 aliphatic heterocycles. The van der Waals surface area contributed by atoms with Crippen LogP contribution in [0.15, 0.2) is 40.4 Å². The van der Waals surface area contributed by atoms with Crippen molar-refractivity contribution in [1.82, 2.24) is 4.98 Å². The van der Waals surface area contributed by atoms with E-state index < -0.39 is 11.7 Å². The van der Waals surface area contributed by atoms with Gasteiger partial charge in [-0.15, -0.1) is 0 Å². The maximum absolute atomic E-state index is 12.6. The van der Waals surface area contributed by atoms with Crippen molar-refractivity contribution in [2.24, 2.45) is 0 Å². The lowest BCUT2D eigenvalue weighted by Crippen LogP contribution is -2.05. The van der Waals surface area contributed by atoms with Crippen molar-refractivity contribution >= 4 is 23.4 Å². The minimum absolute atomic E-state index is 0.0231. The first kappa shape index (κ1) is 16.0. The Balaban J connectivity index is 2.28. The molecule has 1 aromatic heterocycles. The SMILES string of the molecule is COc1ccc(Sc2ncc(C(F)(F)F)cc2Cl)c(C)c1. The highest BCUT2D eigenvalue weighted by molar-refractivity contribution is 7.99. The fourth-order valence-corrected chi connectivity index (χ4v) is 2.73. The smallest absolute Gasteiger partial charge is 0.417 e. The lowest BCUT2D eigenvalue weighted by molar-refractivity contribution is -0.137. The normalized spacial score (nSPS) is 11.5. The Kier molecular flexibility index (Phi) is 4.68. The fraction of sp³-hybridized carbons (Fsp3) is 0.214. The van der Waals surface area contributed by atoms with Crippen LogP contribution in [-0.2, 0) is 6.18 Å². The van der Waals surface area contributed by atoms with Crippen LogP contribution in [0.2, 0.25) is 5.02 Å². The van der Waals surface area contributed by atoms with E-state index >= 15 is 0 Å². The van der Waals surface area contributed by atoms with Crippen molar-refractivity contribution in [2.45, 2.75) is 23.0 Å². The van der Waals surface area contributed by atoms with Gasteiger partial charge in [0.1, 0.15) is 10.8 Å². The molecule has 0 saturated carbocycles. The average molecular weight is 334 g/mol. The van der Waals surface area contributed by atoms with E-state index in [0.29, 0.717) is 10.8 Å². The van der Waals surface area contributed by atoms with Gasteiger partial charge in [0.25, 0.3) is 0 Å². The Morgan fingerprint density at radius 2 is 1.95 bits per heavy atom. The van der Waals surface area contributed by atoms with E-state index in [-0.39, 0.29) is 5.02 Å². The van der Waals surface area contributed by atoms with Gasteiger partial charge in [0, 0.05) is 11.1 Å². The van der Waals surface area contributed by atoms with Crippen molar-refractivity contribution in [3.63, 3.8) is 0 Å². The number of methoxy groups -OCH3 is 1. The third-order valence-electron chi connectivity index (χ3n) is 2.72. The van der Waals surface area contributed by atoms with Gasteiger partial charge in [-0.1, -0.05) is 23.4 Å². The summed E-state index contributed by atoms with van der Waals surface area (Å²) < 4.78 is 42.8. The highest BCUT2D eigenvalue weighted by Crippen LogP contribution is 2.37. The number of aryl methyl sites for hydroxylation is 1. The number of ether oxygens (including phenoxy) is 1. The summed E-state index contributed by atoms with van der Waals surface area (Å²) in [4.78, 5) is 4.66. The van der Waals surface area contributed by atoms with E-state index in [9.17, 15) is 13.2 Å². The summed E-state index contributed by atoms with van der Waals surface area (Å²) in [7, 11) is 1.57. The van der Waals surface area contributed by atoms with Crippen molar-refractivity contribution in [3.05, 3.63) is 46.6 Å². The molecule has 0 aliphatic rings. The number of hydrogen-bond donors (Lipinski definition) is 0. The number of aromatic nitrogens is 1. The number of halogens is 4. The van der Waals surface area contributed by atoms with Gasteiger partial charge < -0.3 is 4.74 Å². The first-order valence-corrected chi connectivity index (χ1v) is 7.06. The van der Waals surface area contributed by atoms with Gasteiger partial charge in [0.2, 0.25) is 0 Å². The Hall–Kier alpha value is -1.40. The Morgan fingerprint density at radius 1 is 1.24 bits per heavy atom. The molecule has 7 heteroatoms. The molecule has 1 heterocycles. The van der Waals surface area contributed by atoms with Crippen molar-refractivity contribution in [3.8, 4) is 5.75 Å². The van der Waals surface area contributed by atoms with Crippen LogP contribution in [0.3, 0.4) is 0 Å². The third kappa shape index (κ3) is 3.83. The Labute approximate surface area is 129 Å². The van der Waals surface area contributed by atoms with Gasteiger partial charge in [0.05, 0.1) is 17.7 Å². The summed E-state index contributed by atoms with van der Waals surface area (Å²) in [6.45, 7) is 1.88. The highest BCUT2D eigenvalue weighted by Gasteiger charge is 2.31. The van der Waals surface area contributed by atoms with Crippen LogP contribution in [0.1, 0.15) is 11.1 Å². The Bertz CT molecular complexity index is 661. The molecule has 0 radical (unpaired) electrons. The number of pyridine rings is 1. The van der Waals surface area contributed by atoms with E-state index in [0.717, 1.165) is 22.7 Å². The molecule has 0 spiro atoms. The summed E-state index contributed by atoms with van der Waals surface area (Å²) in [5, 5.41) is 0.308. The largest absolute Gasteiger partial charge is 0.497 e. The van der Waals surface area contributed by atoms with Crippen LogP contribution in [-0.4, -0.2) is 12.1 Å². The molecule has 0 unspecified atom stereocenters. The molecule has 2 rings (SSSR count). The van der Waals surface area contributed by atoms with Crippen molar-refractivity contribution < 1.29 is 17.9 Å². The number of alkyl halides is 3. The topological polar surface area (TPSA) is 22.1 Å². The summed E-state index contributed by atoms with van der Waals surface area (Å²) in [5.41, 5.74) is 0.0698. The molecule has 0 fully saturated rings. The molecule has 0 atom stereocenters. The van der Waals surface area contributed by atoms with Gasteiger partial charge in [-0.05, 0) is 36.8 Å². The number of nitrogens with zero attached hydrogens (tertiary/aromatic N) is 1. The molecule has 0 N–H and O–H groups in total. The van der Waals surface area contributed by atoms with Gasteiger partial charge in [0.15, 0.2) is 0 Å². The van der Waals surface area contributed by atoms with Crippen molar-refractivity contribution in [1.29, 1.82) is 0 Å². The summed E-state index contributed by atoms with van der Waals surface area (Å²) in [5.74, 6) is 0.711. The van der Waals surface area contributed by atoms with Gasteiger partial charge in [-0.2, -0.15) is 13.2 Å². The molecule has 112 valence electrons. The van der Waals surface area contributed by atoms with Crippen LogP contribution in [0.5, 0.6) is 5.75 Å². The minimum Gasteiger partial charge on any atom is -0.497 e. The molecular formula is C14H11ClF3NOS. The zero-order valence-corrected chi connectivity index (χ0v) is 12.7. The van der Waals surface area contributed by atoms with Crippen LogP contribution < -0.4 is 4.74 Å². The van der Waals surface area contributed by atoms with Crippen LogP contribution in [0.25, 0.3) is 0 Å². The minimum atomic E-state index is -4.45. The monoisotopic (exact) mass is 333 g/mol. The second kappa shape index (κ2) is 6.15. The quantitative estimate of drug-likeness (QED) is 0.768. The predicted molar refractivity (Wildman–Crippen MR) is 76.1 cm³/mol. The average Bonchev–Trinajstić information content (AvgIpc) is 2.41. The summed E-state index contributed by atoms with van der Waals surface area (Å²) >= 11 is 7.10. The maximum Gasteiger partial charge on any atom is 0.417 e. The zero-order chi connectivity index (χ0) is 15.6. The van der Waals surface area contributed by atoms with Crippen LogP contribution >= 0.6 is 23.4 Å². The lowest BCUT2D eigenvalue weighted by atomic mass is 10.2. The predicted octanol–water partition coefficient (Wildman–Crippen LogP) is 5.22. The van der Waals surface area contributed by atoms with Gasteiger partial charge >= 0.3 is 6.18 Å². The van der Waals surface area contributed by atoms with Crippen LogP contribution in [0.4, 0.5) is 13.2 Å². The number of benzene rings is 1. The second-order valence-corrected chi connectivity index (χ2v) is 5.68. The molecule has 0 aliphatic carbocycles. The molecular weight excluding hydrogens is 323 g/mol. The summed E-state index contributed by atoms with van der Waals surface area (Å²) in [6, 6.07) is 6.30. The fourth-order valence-electron chi connectivity index (χ4n) is 1.62. The second-order valence-electron chi connectivity index (χ2n) is 4.24. The van der Waals surface area contributed by atoms with E-state index in [1.165, 1.54) is 11.8 Å². The van der Waals surface area contributed by atoms with E-state index in [1.54, 1.807) is 13.2 Å². The molecule has 0 amide bonds. The van der Waals surface area contributed by atoms with E-state index in [2.05, 4.69) is 4.98 Å².